The largest absolute Gasteiger partial charge is 1.00 e. The number of para-hydroxylation sites is 6. The number of rotatable bonds is 18. The summed E-state index contributed by atoms with van der Waals surface area (Å²) in [5.41, 5.74) is 2.26. The predicted molar refractivity (Wildman–Crippen MR) is 270 cm³/mol. The second-order valence-electron chi connectivity index (χ2n) is 15.4. The van der Waals surface area contributed by atoms with Crippen LogP contribution in [0.25, 0.3) is 0 Å². The van der Waals surface area contributed by atoms with Gasteiger partial charge in [0, 0.05) is 0 Å². The molecule has 0 N–H and O–H groups in total. The predicted octanol–water partition coefficient (Wildman–Crippen LogP) is 4.53. The van der Waals surface area contributed by atoms with Gasteiger partial charge in [-0.1, -0.05) is 97.1 Å². The number of halogens is 2. The van der Waals surface area contributed by atoms with Crippen molar-refractivity contribution in [2.45, 2.75) is 12.3 Å². The van der Waals surface area contributed by atoms with E-state index in [1.807, 2.05) is 97.1 Å². The summed E-state index contributed by atoms with van der Waals surface area (Å²) in [7, 11) is 5.27. The molecule has 11 heteroatoms. The van der Waals surface area contributed by atoms with Crippen LogP contribution in [0.15, 0.2) is 194 Å². The standard InChI is InChI=1S/C56H54O7P2.2BrH/c1-57-45-19-7-13-25-51(45)64(52-26-14-8-20-46(52)58-2,53-27-15-9-21-47(53)59-3)39-41-31-35-43(36-32-41)63-44-37-33-42(34-38-44)40-65(54-28-16-10-22-48(54)60-4,55-29-17-11-23-49(55)61-5)56-30-18-12-24-50(56)62-6;;/h7-38H,39-40H2,1-6H3;2*1H/q+2;;/p-2. The minimum absolute atomic E-state index is 0. The van der Waals surface area contributed by atoms with Crippen molar-refractivity contribution in [3.8, 4) is 46.0 Å². The fourth-order valence-corrected chi connectivity index (χ4v) is 18.4. The molecule has 0 spiro atoms. The summed E-state index contributed by atoms with van der Waals surface area (Å²) in [5, 5.41) is 6.61. The Morgan fingerprint density at radius 2 is 0.463 bits per heavy atom. The minimum atomic E-state index is -2.56. The zero-order valence-corrected chi connectivity index (χ0v) is 43.4. The van der Waals surface area contributed by atoms with Crippen LogP contribution in [0.2, 0.25) is 0 Å². The molecule has 0 saturated heterocycles. The molecule has 0 aromatic heterocycles. The fourth-order valence-electron chi connectivity index (χ4n) is 8.97. The molecule has 8 rings (SSSR count). The molecular weight excluding hydrogens is 1010 g/mol. The highest BCUT2D eigenvalue weighted by Gasteiger charge is 2.53. The van der Waals surface area contributed by atoms with Crippen molar-refractivity contribution >= 4 is 46.4 Å². The Labute approximate surface area is 417 Å². The molecule has 0 radical (unpaired) electrons. The van der Waals surface area contributed by atoms with Gasteiger partial charge < -0.3 is 67.1 Å². The molecule has 8 aromatic carbocycles. The summed E-state index contributed by atoms with van der Waals surface area (Å²) in [6.07, 6.45) is 1.36. The molecule has 67 heavy (non-hydrogen) atoms. The van der Waals surface area contributed by atoms with E-state index in [1.54, 1.807) is 42.7 Å². The van der Waals surface area contributed by atoms with Gasteiger partial charge in [0.2, 0.25) is 0 Å². The van der Waals surface area contributed by atoms with Gasteiger partial charge in [0.05, 0.1) is 55.0 Å². The van der Waals surface area contributed by atoms with E-state index in [2.05, 4.69) is 97.1 Å². The topological polar surface area (TPSA) is 64.6 Å². The third kappa shape index (κ3) is 10.1. The number of benzene rings is 8. The third-order valence-electron chi connectivity index (χ3n) is 11.9. The monoisotopic (exact) mass is 1060 g/mol. The molecule has 0 aliphatic rings. The Morgan fingerprint density at radius 1 is 0.269 bits per heavy atom. The van der Waals surface area contributed by atoms with Gasteiger partial charge in [0.25, 0.3) is 0 Å². The summed E-state index contributed by atoms with van der Waals surface area (Å²) in [6, 6.07) is 66.7. The molecule has 0 aliphatic carbocycles. The van der Waals surface area contributed by atoms with Crippen molar-refractivity contribution in [3.05, 3.63) is 205 Å². The van der Waals surface area contributed by atoms with Crippen LogP contribution in [0, 0.1) is 0 Å². The van der Waals surface area contributed by atoms with Crippen molar-refractivity contribution in [2.75, 3.05) is 42.7 Å². The Hall–Kier alpha value is -5.82. The lowest BCUT2D eigenvalue weighted by atomic mass is 10.2. The first-order valence-corrected chi connectivity index (χ1v) is 25.3. The van der Waals surface area contributed by atoms with E-state index in [0.717, 1.165) is 89.0 Å². The maximum absolute atomic E-state index is 6.57. The van der Waals surface area contributed by atoms with Gasteiger partial charge in [-0.2, -0.15) is 0 Å². The highest BCUT2D eigenvalue weighted by Crippen LogP contribution is 2.64. The Morgan fingerprint density at radius 3 is 0.657 bits per heavy atom. The van der Waals surface area contributed by atoms with Gasteiger partial charge in [-0.3, -0.25) is 0 Å². The van der Waals surface area contributed by atoms with E-state index in [4.69, 9.17) is 33.2 Å². The van der Waals surface area contributed by atoms with Gasteiger partial charge in [0.15, 0.2) is 34.5 Å². The number of ether oxygens (including phenoxy) is 7. The molecule has 8 aromatic rings. The average molecular weight is 1060 g/mol. The highest BCUT2D eigenvalue weighted by molar-refractivity contribution is 7.96. The van der Waals surface area contributed by atoms with E-state index in [9.17, 15) is 0 Å². The molecule has 344 valence electrons. The zero-order valence-electron chi connectivity index (χ0n) is 38.4. The first-order valence-electron chi connectivity index (χ1n) is 21.4. The third-order valence-corrected chi connectivity index (χ3v) is 20.7. The van der Waals surface area contributed by atoms with E-state index in [-0.39, 0.29) is 34.0 Å². The van der Waals surface area contributed by atoms with Crippen LogP contribution in [0.1, 0.15) is 11.1 Å². The maximum Gasteiger partial charge on any atom is 0.161 e. The summed E-state index contributed by atoms with van der Waals surface area (Å²) >= 11 is 0. The molecule has 0 atom stereocenters. The van der Waals surface area contributed by atoms with Crippen LogP contribution >= 0.6 is 14.5 Å². The highest BCUT2D eigenvalue weighted by atomic mass is 79.9. The molecule has 7 nitrogen and oxygen atoms in total. The van der Waals surface area contributed by atoms with Crippen molar-refractivity contribution in [2.24, 2.45) is 0 Å². The van der Waals surface area contributed by atoms with Crippen LogP contribution in [-0.2, 0) is 12.3 Å². The van der Waals surface area contributed by atoms with Gasteiger partial charge in [-0.15, -0.1) is 0 Å². The SMILES string of the molecule is COc1ccccc1[P+](Cc1ccc(Oc2ccc(C[P+](c3ccccc3OC)(c3ccccc3OC)c3ccccc3OC)cc2)cc1)(c1ccccc1OC)c1ccccc1OC.[Br-].[Br-]. The molecule has 0 saturated carbocycles. The number of hydrogen-bond acceptors (Lipinski definition) is 7. The Balaban J connectivity index is 0.00000370. The quantitative estimate of drug-likeness (QED) is 0.117. The molecule has 0 unspecified atom stereocenters. The molecular formula is C56H54Br2O7P2. The first kappa shape index (κ1) is 50.6. The lowest BCUT2D eigenvalue weighted by Gasteiger charge is -2.30. The summed E-state index contributed by atoms with van der Waals surface area (Å²) in [4.78, 5) is 0. The van der Waals surface area contributed by atoms with E-state index in [1.165, 1.54) is 0 Å². The Kier molecular flexibility index (Phi) is 17.6. The van der Waals surface area contributed by atoms with Crippen LogP contribution in [0.3, 0.4) is 0 Å². The van der Waals surface area contributed by atoms with E-state index < -0.39 is 14.5 Å². The summed E-state index contributed by atoms with van der Waals surface area (Å²) in [5.74, 6) is 6.35. The second kappa shape index (κ2) is 23.3. The van der Waals surface area contributed by atoms with Crippen molar-refractivity contribution in [1.82, 2.24) is 0 Å². The smallest absolute Gasteiger partial charge is 0.161 e. The van der Waals surface area contributed by atoms with Gasteiger partial charge in [-0.05, 0) is 108 Å². The van der Waals surface area contributed by atoms with Crippen LogP contribution < -0.4 is 98.9 Å². The molecule has 0 amide bonds. The maximum atomic E-state index is 6.57. The second-order valence-corrected chi connectivity index (χ2v) is 22.1. The van der Waals surface area contributed by atoms with Gasteiger partial charge in [-0.25, -0.2) is 0 Å². The minimum Gasteiger partial charge on any atom is -1.00 e. The Bertz CT molecular complexity index is 2430. The van der Waals surface area contributed by atoms with Crippen LogP contribution in [0.5, 0.6) is 46.0 Å². The fraction of sp³-hybridized carbons (Fsp3) is 0.143. The normalized spacial score (nSPS) is 11.0. The van der Waals surface area contributed by atoms with Crippen LogP contribution in [0.4, 0.5) is 0 Å². The first-order chi connectivity index (χ1) is 31.9. The van der Waals surface area contributed by atoms with Gasteiger partial charge in [0.1, 0.15) is 57.9 Å². The molecule has 0 aliphatic heterocycles. The molecule has 0 heterocycles. The van der Waals surface area contributed by atoms with Crippen LogP contribution in [-0.4, -0.2) is 42.7 Å². The number of methoxy groups -OCH3 is 6. The summed E-state index contributed by atoms with van der Waals surface area (Å²) < 4.78 is 43.2. The molecule has 0 fully saturated rings. The average Bonchev–Trinajstić information content (AvgIpc) is 3.38. The van der Waals surface area contributed by atoms with Gasteiger partial charge >= 0.3 is 0 Å². The molecule has 0 bridgehead atoms. The van der Waals surface area contributed by atoms with E-state index in [0.29, 0.717) is 12.3 Å². The van der Waals surface area contributed by atoms with Crippen molar-refractivity contribution < 1.29 is 67.1 Å². The lowest BCUT2D eigenvalue weighted by Crippen LogP contribution is -3.00. The number of hydrogen-bond donors (Lipinski definition) is 0. The zero-order chi connectivity index (χ0) is 45.2. The summed E-state index contributed by atoms with van der Waals surface area (Å²) in [6.45, 7) is 0. The van der Waals surface area contributed by atoms with Crippen molar-refractivity contribution in [3.63, 3.8) is 0 Å². The van der Waals surface area contributed by atoms with Crippen molar-refractivity contribution in [1.29, 1.82) is 0 Å². The van der Waals surface area contributed by atoms with E-state index >= 15 is 0 Å². The lowest BCUT2D eigenvalue weighted by molar-refractivity contribution is -0.00100.